The predicted octanol–water partition coefficient (Wildman–Crippen LogP) is 2.26. The van der Waals surface area contributed by atoms with Crippen LogP contribution in [-0.4, -0.2) is 20.7 Å². The number of nitrogens with zero attached hydrogens (tertiary/aromatic N) is 3. The number of hydrogen-bond donors (Lipinski definition) is 1. The molecule has 0 spiro atoms. The first-order chi connectivity index (χ1) is 9.28. The van der Waals surface area contributed by atoms with Crippen molar-refractivity contribution in [2.24, 2.45) is 7.05 Å². The van der Waals surface area contributed by atoms with Crippen LogP contribution in [0, 0.1) is 0 Å². The molecule has 0 fully saturated rings. The number of fused-ring (bicyclic) bond motifs is 1. The first-order valence-electron chi connectivity index (χ1n) is 7.16. The molecule has 1 atom stereocenters. The molecule has 4 heteroatoms. The van der Waals surface area contributed by atoms with Gasteiger partial charge in [0.25, 0.3) is 0 Å². The molecule has 3 rings (SSSR count). The molecule has 4 nitrogen and oxygen atoms in total. The van der Waals surface area contributed by atoms with E-state index < -0.39 is 0 Å². The SMILES string of the molecule is CCNC1CCCc2cn(Cc3nccn3C)cc21. The molecule has 0 aliphatic heterocycles. The monoisotopic (exact) mass is 258 g/mol. The van der Waals surface area contributed by atoms with Crippen LogP contribution >= 0.6 is 0 Å². The van der Waals surface area contributed by atoms with Crippen molar-refractivity contribution >= 4 is 0 Å². The average molecular weight is 258 g/mol. The van der Waals surface area contributed by atoms with Crippen LogP contribution < -0.4 is 5.32 Å². The third-order valence-corrected chi connectivity index (χ3v) is 4.01. The summed E-state index contributed by atoms with van der Waals surface area (Å²) in [6.07, 6.45) is 12.2. The lowest BCUT2D eigenvalue weighted by molar-refractivity contribution is 0.473. The van der Waals surface area contributed by atoms with Gasteiger partial charge in [0.2, 0.25) is 0 Å². The van der Waals surface area contributed by atoms with Crippen LogP contribution in [0.15, 0.2) is 24.8 Å². The molecule has 1 aliphatic carbocycles. The molecule has 0 saturated heterocycles. The van der Waals surface area contributed by atoms with Gasteiger partial charge in [-0.05, 0) is 36.9 Å². The van der Waals surface area contributed by atoms with Crippen molar-refractivity contribution in [1.82, 2.24) is 19.4 Å². The summed E-state index contributed by atoms with van der Waals surface area (Å²) < 4.78 is 4.36. The Kier molecular flexibility index (Phi) is 3.42. The summed E-state index contributed by atoms with van der Waals surface area (Å²) in [7, 11) is 2.05. The van der Waals surface area contributed by atoms with Crippen molar-refractivity contribution in [3.05, 3.63) is 41.7 Å². The largest absolute Gasteiger partial charge is 0.346 e. The molecule has 2 aromatic rings. The van der Waals surface area contributed by atoms with Gasteiger partial charge in [-0.2, -0.15) is 0 Å². The molecule has 1 N–H and O–H groups in total. The zero-order valence-electron chi connectivity index (χ0n) is 11.8. The van der Waals surface area contributed by atoms with Crippen LogP contribution in [0.2, 0.25) is 0 Å². The molecular weight excluding hydrogens is 236 g/mol. The van der Waals surface area contributed by atoms with Crippen molar-refractivity contribution < 1.29 is 0 Å². The van der Waals surface area contributed by atoms with E-state index in [1.807, 2.05) is 19.4 Å². The first-order valence-corrected chi connectivity index (χ1v) is 7.16. The zero-order chi connectivity index (χ0) is 13.2. The van der Waals surface area contributed by atoms with Gasteiger partial charge in [-0.1, -0.05) is 6.92 Å². The molecule has 0 saturated carbocycles. The molecule has 0 aromatic carbocycles. The molecule has 19 heavy (non-hydrogen) atoms. The van der Waals surface area contributed by atoms with Gasteiger partial charge in [-0.3, -0.25) is 0 Å². The fraction of sp³-hybridized carbons (Fsp3) is 0.533. The second kappa shape index (κ2) is 5.21. The summed E-state index contributed by atoms with van der Waals surface area (Å²) >= 11 is 0. The van der Waals surface area contributed by atoms with Crippen molar-refractivity contribution in [1.29, 1.82) is 0 Å². The highest BCUT2D eigenvalue weighted by Crippen LogP contribution is 2.30. The van der Waals surface area contributed by atoms with E-state index in [-0.39, 0.29) is 0 Å². The minimum Gasteiger partial charge on any atom is -0.346 e. The maximum absolute atomic E-state index is 4.40. The number of rotatable bonds is 4. The van der Waals surface area contributed by atoms with E-state index in [1.165, 1.54) is 30.4 Å². The average Bonchev–Trinajstić information content (AvgIpc) is 2.98. The van der Waals surface area contributed by atoms with E-state index in [4.69, 9.17) is 0 Å². The van der Waals surface area contributed by atoms with Crippen LogP contribution in [0.4, 0.5) is 0 Å². The van der Waals surface area contributed by atoms with E-state index in [2.05, 4.69) is 38.8 Å². The number of imidazole rings is 1. The zero-order valence-corrected chi connectivity index (χ0v) is 11.8. The third-order valence-electron chi connectivity index (χ3n) is 4.01. The Hall–Kier alpha value is -1.55. The Morgan fingerprint density at radius 2 is 2.32 bits per heavy atom. The summed E-state index contributed by atoms with van der Waals surface area (Å²) in [6.45, 7) is 4.07. The van der Waals surface area contributed by atoms with Crippen LogP contribution in [0.5, 0.6) is 0 Å². The molecule has 2 heterocycles. The van der Waals surface area contributed by atoms with Crippen LogP contribution in [0.25, 0.3) is 0 Å². The molecule has 0 bridgehead atoms. The van der Waals surface area contributed by atoms with E-state index in [1.54, 1.807) is 0 Å². The quantitative estimate of drug-likeness (QED) is 0.913. The Labute approximate surface area is 114 Å². The van der Waals surface area contributed by atoms with Crippen molar-refractivity contribution in [3.63, 3.8) is 0 Å². The fourth-order valence-corrected chi connectivity index (χ4v) is 3.01. The van der Waals surface area contributed by atoms with E-state index in [9.17, 15) is 0 Å². The van der Waals surface area contributed by atoms with Gasteiger partial charge in [0.05, 0.1) is 6.54 Å². The highest BCUT2D eigenvalue weighted by molar-refractivity contribution is 5.30. The minimum absolute atomic E-state index is 0.538. The van der Waals surface area contributed by atoms with Gasteiger partial charge in [0.15, 0.2) is 0 Å². The van der Waals surface area contributed by atoms with Crippen molar-refractivity contribution in [2.45, 2.75) is 38.8 Å². The summed E-state index contributed by atoms with van der Waals surface area (Å²) in [4.78, 5) is 4.40. The summed E-state index contributed by atoms with van der Waals surface area (Å²) in [6, 6.07) is 0.538. The lowest BCUT2D eigenvalue weighted by Gasteiger charge is -2.22. The molecule has 2 aromatic heterocycles. The Morgan fingerprint density at radius 1 is 1.42 bits per heavy atom. The van der Waals surface area contributed by atoms with E-state index in [0.29, 0.717) is 6.04 Å². The van der Waals surface area contributed by atoms with Crippen molar-refractivity contribution in [2.75, 3.05) is 6.54 Å². The Balaban J connectivity index is 1.83. The maximum Gasteiger partial charge on any atom is 0.128 e. The summed E-state index contributed by atoms with van der Waals surface area (Å²) in [5.74, 6) is 1.10. The Bertz CT molecular complexity index is 552. The summed E-state index contributed by atoms with van der Waals surface area (Å²) in [5, 5.41) is 3.59. The highest BCUT2D eigenvalue weighted by atomic mass is 15.1. The minimum atomic E-state index is 0.538. The van der Waals surface area contributed by atoms with Gasteiger partial charge in [0.1, 0.15) is 5.82 Å². The smallest absolute Gasteiger partial charge is 0.128 e. The predicted molar refractivity (Wildman–Crippen MR) is 76.1 cm³/mol. The normalized spacial score (nSPS) is 18.5. The third kappa shape index (κ3) is 2.45. The van der Waals surface area contributed by atoms with Crippen LogP contribution in [0.1, 0.15) is 42.8 Å². The second-order valence-corrected chi connectivity index (χ2v) is 5.37. The van der Waals surface area contributed by atoms with Gasteiger partial charge >= 0.3 is 0 Å². The standard InChI is InChI=1S/C15H22N4/c1-3-16-14-6-4-5-12-9-19(10-13(12)14)11-15-17-7-8-18(15)2/h7-10,14,16H,3-6,11H2,1-2H3. The lowest BCUT2D eigenvalue weighted by atomic mass is 9.91. The first kappa shape index (κ1) is 12.5. The number of hydrogen-bond acceptors (Lipinski definition) is 2. The van der Waals surface area contributed by atoms with Gasteiger partial charge in [-0.15, -0.1) is 0 Å². The molecule has 0 amide bonds. The van der Waals surface area contributed by atoms with Gasteiger partial charge < -0.3 is 14.5 Å². The maximum atomic E-state index is 4.40. The Morgan fingerprint density at radius 3 is 3.05 bits per heavy atom. The highest BCUT2D eigenvalue weighted by Gasteiger charge is 2.21. The summed E-state index contributed by atoms with van der Waals surface area (Å²) in [5.41, 5.74) is 2.99. The van der Waals surface area contributed by atoms with E-state index >= 15 is 0 Å². The molecule has 0 radical (unpaired) electrons. The number of aromatic nitrogens is 3. The van der Waals surface area contributed by atoms with Crippen molar-refractivity contribution in [3.8, 4) is 0 Å². The number of nitrogens with one attached hydrogen (secondary N) is 1. The molecule has 102 valence electrons. The lowest BCUT2D eigenvalue weighted by Crippen LogP contribution is -2.23. The molecule has 1 aliphatic rings. The molecular formula is C15H22N4. The van der Waals surface area contributed by atoms with E-state index in [0.717, 1.165) is 18.9 Å². The second-order valence-electron chi connectivity index (χ2n) is 5.37. The molecule has 1 unspecified atom stereocenters. The van der Waals surface area contributed by atoms with Crippen LogP contribution in [0.3, 0.4) is 0 Å². The van der Waals surface area contributed by atoms with Gasteiger partial charge in [0, 0.05) is 37.9 Å². The number of aryl methyl sites for hydroxylation is 2. The topological polar surface area (TPSA) is 34.8 Å². The van der Waals surface area contributed by atoms with Crippen LogP contribution in [-0.2, 0) is 20.0 Å². The van der Waals surface area contributed by atoms with Gasteiger partial charge in [-0.25, -0.2) is 4.98 Å². The fourth-order valence-electron chi connectivity index (χ4n) is 3.01.